The molecule has 3 aromatic rings. The first-order valence-electron chi connectivity index (χ1n) is 13.8. The van der Waals surface area contributed by atoms with E-state index in [9.17, 15) is 8.78 Å². The first-order chi connectivity index (χ1) is 17.5. The van der Waals surface area contributed by atoms with Gasteiger partial charge in [0.15, 0.2) is 0 Å². The second-order valence-corrected chi connectivity index (χ2v) is 10.5. The minimum Gasteiger partial charge on any atom is -0.435 e. The Morgan fingerprint density at radius 3 is 2.31 bits per heavy atom. The Morgan fingerprint density at radius 1 is 0.833 bits per heavy atom. The molecule has 0 heterocycles. The molecule has 0 N–H and O–H groups in total. The van der Waals surface area contributed by atoms with E-state index in [-0.39, 0.29) is 11.6 Å². The first kappa shape index (κ1) is 26.6. The van der Waals surface area contributed by atoms with Crippen LogP contribution in [0.15, 0.2) is 54.6 Å². The highest BCUT2D eigenvalue weighted by atomic mass is 19.3. The van der Waals surface area contributed by atoms with Crippen molar-refractivity contribution >= 4 is 10.8 Å². The summed E-state index contributed by atoms with van der Waals surface area (Å²) in [4.78, 5) is 0. The molecule has 1 nitrogen and oxygen atoms in total. The van der Waals surface area contributed by atoms with Crippen LogP contribution in [0.5, 0.6) is 5.75 Å². The molecule has 0 aromatic heterocycles. The first-order valence-corrected chi connectivity index (χ1v) is 13.8. The van der Waals surface area contributed by atoms with Crippen LogP contribution in [0.2, 0.25) is 0 Å². The average Bonchev–Trinajstić information content (AvgIpc) is 2.89. The highest BCUT2D eigenvalue weighted by Crippen LogP contribution is 2.39. The predicted octanol–water partition coefficient (Wildman–Crippen LogP) is 10.00. The molecular formula is C32H39F3O. The van der Waals surface area contributed by atoms with Crippen LogP contribution < -0.4 is 4.74 Å². The molecule has 4 heteroatoms. The average molecular weight is 497 g/mol. The molecule has 1 saturated carbocycles. The van der Waals surface area contributed by atoms with Crippen LogP contribution in [0.25, 0.3) is 10.8 Å². The summed E-state index contributed by atoms with van der Waals surface area (Å²) in [7, 11) is 0. The maximum Gasteiger partial charge on any atom is 0.387 e. The Hall–Kier alpha value is -2.49. The van der Waals surface area contributed by atoms with E-state index in [1.165, 1.54) is 81.9 Å². The van der Waals surface area contributed by atoms with Crippen molar-refractivity contribution < 1.29 is 17.9 Å². The van der Waals surface area contributed by atoms with Crippen molar-refractivity contribution in [3.05, 3.63) is 77.1 Å². The number of aryl methyl sites for hydroxylation is 2. The normalized spacial score (nSPS) is 18.1. The SMILES string of the molecule is CCCCCCCC1CCC(c2ccc3c(F)c(CCc4ccc(OC(F)F)cc4)ccc3c2)CC1. The maximum atomic E-state index is 15.3. The molecule has 4 rings (SSSR count). The monoisotopic (exact) mass is 496 g/mol. The summed E-state index contributed by atoms with van der Waals surface area (Å²) in [5, 5.41) is 1.65. The van der Waals surface area contributed by atoms with Gasteiger partial charge in [-0.2, -0.15) is 8.78 Å². The zero-order valence-corrected chi connectivity index (χ0v) is 21.5. The van der Waals surface area contributed by atoms with Gasteiger partial charge in [-0.3, -0.25) is 0 Å². The van der Waals surface area contributed by atoms with Crippen molar-refractivity contribution in [2.75, 3.05) is 0 Å². The van der Waals surface area contributed by atoms with E-state index in [1.54, 1.807) is 12.1 Å². The highest BCUT2D eigenvalue weighted by molar-refractivity contribution is 5.84. The molecule has 0 atom stereocenters. The van der Waals surface area contributed by atoms with Crippen molar-refractivity contribution in [2.24, 2.45) is 5.92 Å². The van der Waals surface area contributed by atoms with Crippen LogP contribution in [0, 0.1) is 11.7 Å². The molecule has 0 spiro atoms. The summed E-state index contributed by atoms with van der Waals surface area (Å²) >= 11 is 0. The van der Waals surface area contributed by atoms with Crippen molar-refractivity contribution in [3.63, 3.8) is 0 Å². The summed E-state index contributed by atoms with van der Waals surface area (Å²) in [5.41, 5.74) is 2.99. The smallest absolute Gasteiger partial charge is 0.387 e. The van der Waals surface area contributed by atoms with Gasteiger partial charge in [0.1, 0.15) is 11.6 Å². The largest absolute Gasteiger partial charge is 0.435 e. The lowest BCUT2D eigenvalue weighted by Gasteiger charge is -2.29. The van der Waals surface area contributed by atoms with Crippen LogP contribution in [-0.2, 0) is 12.8 Å². The molecule has 0 unspecified atom stereocenters. The van der Waals surface area contributed by atoms with Gasteiger partial charge in [-0.05, 0) is 84.6 Å². The van der Waals surface area contributed by atoms with Gasteiger partial charge in [0.25, 0.3) is 0 Å². The fourth-order valence-corrected chi connectivity index (χ4v) is 5.74. The molecule has 0 aliphatic heterocycles. The van der Waals surface area contributed by atoms with Crippen molar-refractivity contribution in [2.45, 2.75) is 96.5 Å². The molecule has 36 heavy (non-hydrogen) atoms. The zero-order chi connectivity index (χ0) is 25.3. The molecule has 0 amide bonds. The number of benzene rings is 3. The Morgan fingerprint density at radius 2 is 1.58 bits per heavy atom. The van der Waals surface area contributed by atoms with Crippen LogP contribution in [0.4, 0.5) is 13.2 Å². The van der Waals surface area contributed by atoms with Crippen LogP contribution >= 0.6 is 0 Å². The van der Waals surface area contributed by atoms with Gasteiger partial charge >= 0.3 is 6.61 Å². The molecule has 1 aliphatic carbocycles. The molecule has 0 saturated heterocycles. The van der Waals surface area contributed by atoms with E-state index in [0.29, 0.717) is 29.7 Å². The van der Waals surface area contributed by atoms with E-state index in [1.807, 2.05) is 18.2 Å². The Bertz CT molecular complexity index is 1080. The standard InChI is InChI=1S/C32H39F3O/c1-2-3-4-5-6-7-23-8-13-25(14-9-23)27-18-21-30-28(22-27)17-16-26(31(30)33)15-10-24-11-19-29(20-12-24)36-32(34)35/h11-12,16-23,25,32H,2-10,13-15H2,1H3. The molecule has 1 fully saturated rings. The quantitative estimate of drug-likeness (QED) is 0.227. The number of halogens is 3. The molecule has 1 aliphatic rings. The number of hydrogen-bond acceptors (Lipinski definition) is 1. The van der Waals surface area contributed by atoms with Crippen LogP contribution in [-0.4, -0.2) is 6.61 Å². The number of hydrogen-bond donors (Lipinski definition) is 0. The van der Waals surface area contributed by atoms with Crippen molar-refractivity contribution in [1.29, 1.82) is 0 Å². The van der Waals surface area contributed by atoms with Crippen molar-refractivity contribution in [1.82, 2.24) is 0 Å². The van der Waals surface area contributed by atoms with E-state index in [0.717, 1.165) is 16.9 Å². The van der Waals surface area contributed by atoms with Gasteiger partial charge in [0, 0.05) is 5.39 Å². The fraction of sp³-hybridized carbons (Fsp3) is 0.500. The lowest BCUT2D eigenvalue weighted by Crippen LogP contribution is -2.13. The summed E-state index contributed by atoms with van der Waals surface area (Å²) in [6.07, 6.45) is 14.5. The van der Waals surface area contributed by atoms with Gasteiger partial charge < -0.3 is 4.74 Å². The Balaban J connectivity index is 1.32. The minimum atomic E-state index is -2.83. The summed E-state index contributed by atoms with van der Waals surface area (Å²) in [5.74, 6) is 1.46. The Labute approximate surface area is 214 Å². The van der Waals surface area contributed by atoms with Crippen LogP contribution in [0.3, 0.4) is 0 Å². The summed E-state index contributed by atoms with van der Waals surface area (Å²) in [6, 6.07) is 16.8. The van der Waals surface area contributed by atoms with Gasteiger partial charge in [-0.15, -0.1) is 0 Å². The molecule has 0 bridgehead atoms. The molecule has 0 radical (unpaired) electrons. The number of ether oxygens (including phenoxy) is 1. The summed E-state index contributed by atoms with van der Waals surface area (Å²) < 4.78 is 44.3. The minimum absolute atomic E-state index is 0.136. The predicted molar refractivity (Wildman–Crippen MR) is 142 cm³/mol. The number of unbranched alkanes of at least 4 members (excludes halogenated alkanes) is 4. The topological polar surface area (TPSA) is 9.23 Å². The fourth-order valence-electron chi connectivity index (χ4n) is 5.74. The van der Waals surface area contributed by atoms with Gasteiger partial charge in [0.2, 0.25) is 0 Å². The van der Waals surface area contributed by atoms with E-state index in [4.69, 9.17) is 0 Å². The van der Waals surface area contributed by atoms with Gasteiger partial charge in [-0.25, -0.2) is 4.39 Å². The third-order valence-corrected chi connectivity index (χ3v) is 7.92. The molecular weight excluding hydrogens is 457 g/mol. The van der Waals surface area contributed by atoms with E-state index in [2.05, 4.69) is 23.8 Å². The second kappa shape index (κ2) is 13.2. The lowest BCUT2D eigenvalue weighted by molar-refractivity contribution is -0.0498. The van der Waals surface area contributed by atoms with E-state index >= 15 is 4.39 Å². The third kappa shape index (κ3) is 7.27. The van der Waals surface area contributed by atoms with Crippen LogP contribution in [0.1, 0.15) is 93.7 Å². The zero-order valence-electron chi connectivity index (χ0n) is 21.5. The number of rotatable bonds is 12. The van der Waals surface area contributed by atoms with E-state index < -0.39 is 6.61 Å². The second-order valence-electron chi connectivity index (χ2n) is 10.5. The Kier molecular flexibility index (Phi) is 9.72. The molecule has 3 aromatic carbocycles. The lowest BCUT2D eigenvalue weighted by atomic mass is 9.76. The van der Waals surface area contributed by atoms with Crippen molar-refractivity contribution in [3.8, 4) is 5.75 Å². The maximum absolute atomic E-state index is 15.3. The van der Waals surface area contributed by atoms with Gasteiger partial charge in [-0.1, -0.05) is 87.9 Å². The van der Waals surface area contributed by atoms with Gasteiger partial charge in [0.05, 0.1) is 0 Å². The third-order valence-electron chi connectivity index (χ3n) is 7.92. The number of fused-ring (bicyclic) bond motifs is 1. The highest BCUT2D eigenvalue weighted by Gasteiger charge is 2.22. The molecule has 194 valence electrons. The number of alkyl halides is 2. The summed E-state index contributed by atoms with van der Waals surface area (Å²) in [6.45, 7) is -0.564.